The van der Waals surface area contributed by atoms with Crippen LogP contribution < -0.4 is 10.1 Å². The van der Waals surface area contributed by atoms with Gasteiger partial charge in [-0.1, -0.05) is 12.1 Å². The molecule has 1 N–H and O–H groups in total. The van der Waals surface area contributed by atoms with Crippen LogP contribution in [-0.2, 0) is 10.0 Å². The number of carbonyl (C=O) groups is 1. The predicted octanol–water partition coefficient (Wildman–Crippen LogP) is 2.19. The fourth-order valence-corrected chi connectivity index (χ4v) is 4.53. The molecule has 1 aliphatic heterocycles. The van der Waals surface area contributed by atoms with E-state index < -0.39 is 10.0 Å². The van der Waals surface area contributed by atoms with E-state index >= 15 is 0 Å². The number of rotatable bonds is 5. The number of likely N-dealkylation sites (N-methyl/N-ethyl adjacent to an activating group) is 1. The summed E-state index contributed by atoms with van der Waals surface area (Å²) in [6.07, 6.45) is 0. The molecule has 7 nitrogen and oxygen atoms in total. The summed E-state index contributed by atoms with van der Waals surface area (Å²) in [7, 11) is -0.113. The summed E-state index contributed by atoms with van der Waals surface area (Å²) in [4.78, 5) is 15.0. The molecule has 8 heteroatoms. The van der Waals surface area contributed by atoms with E-state index in [9.17, 15) is 13.2 Å². The Kier molecular flexibility index (Phi) is 6.02. The molecule has 0 aromatic heterocycles. The summed E-state index contributed by atoms with van der Waals surface area (Å²) in [6, 6.07) is 11.7. The van der Waals surface area contributed by atoms with E-state index in [1.165, 1.54) is 10.4 Å². The van der Waals surface area contributed by atoms with E-state index in [-0.39, 0.29) is 10.8 Å². The lowest BCUT2D eigenvalue weighted by Crippen LogP contribution is -2.47. The molecule has 1 saturated heterocycles. The van der Waals surface area contributed by atoms with Crippen molar-refractivity contribution in [2.24, 2.45) is 0 Å². The molecular formula is C20H25N3O4S. The Morgan fingerprint density at radius 2 is 1.79 bits per heavy atom. The van der Waals surface area contributed by atoms with Gasteiger partial charge in [0.2, 0.25) is 10.0 Å². The number of aryl methyl sites for hydroxylation is 1. The molecule has 0 bridgehead atoms. The van der Waals surface area contributed by atoms with Crippen LogP contribution in [0.4, 0.5) is 5.69 Å². The Balaban J connectivity index is 1.85. The minimum absolute atomic E-state index is 0.137. The number of piperazine rings is 1. The van der Waals surface area contributed by atoms with E-state index in [0.717, 1.165) is 0 Å². The molecule has 0 spiro atoms. The van der Waals surface area contributed by atoms with Crippen LogP contribution in [0, 0.1) is 6.92 Å². The van der Waals surface area contributed by atoms with Gasteiger partial charge in [-0.2, -0.15) is 4.31 Å². The lowest BCUT2D eigenvalue weighted by atomic mass is 10.1. The number of carbonyl (C=O) groups excluding carboxylic acids is 1. The Hall–Kier alpha value is -2.42. The highest BCUT2D eigenvalue weighted by molar-refractivity contribution is 7.89. The number of sulfonamides is 1. The van der Waals surface area contributed by atoms with Gasteiger partial charge in [-0.25, -0.2) is 8.42 Å². The molecule has 0 saturated carbocycles. The van der Waals surface area contributed by atoms with Crippen molar-refractivity contribution in [2.75, 3.05) is 45.7 Å². The van der Waals surface area contributed by atoms with Crippen LogP contribution in [0.5, 0.6) is 5.75 Å². The van der Waals surface area contributed by atoms with Gasteiger partial charge in [0.25, 0.3) is 5.91 Å². The van der Waals surface area contributed by atoms with Crippen molar-refractivity contribution < 1.29 is 17.9 Å². The Bertz CT molecular complexity index is 967. The van der Waals surface area contributed by atoms with Crippen LogP contribution >= 0.6 is 0 Å². The van der Waals surface area contributed by atoms with E-state index in [2.05, 4.69) is 10.2 Å². The molecule has 1 heterocycles. The lowest BCUT2D eigenvalue weighted by molar-refractivity contribution is 0.102. The third-order valence-electron chi connectivity index (χ3n) is 4.88. The van der Waals surface area contributed by atoms with Crippen molar-refractivity contribution >= 4 is 21.6 Å². The number of nitrogens with one attached hydrogen (secondary N) is 1. The second-order valence-corrected chi connectivity index (χ2v) is 8.81. The van der Waals surface area contributed by atoms with Gasteiger partial charge < -0.3 is 15.0 Å². The fourth-order valence-electron chi connectivity index (χ4n) is 3.08. The number of methoxy groups -OCH3 is 1. The summed E-state index contributed by atoms with van der Waals surface area (Å²) in [5, 5.41) is 2.80. The predicted molar refractivity (Wildman–Crippen MR) is 108 cm³/mol. The van der Waals surface area contributed by atoms with Gasteiger partial charge in [-0.3, -0.25) is 4.79 Å². The highest BCUT2D eigenvalue weighted by atomic mass is 32.2. The average molecular weight is 404 g/mol. The number of nitrogens with zero attached hydrogens (tertiary/aromatic N) is 2. The quantitative estimate of drug-likeness (QED) is 0.828. The first-order valence-corrected chi connectivity index (χ1v) is 10.5. The molecule has 2 aromatic rings. The molecule has 0 unspecified atom stereocenters. The second-order valence-electron chi connectivity index (χ2n) is 6.87. The van der Waals surface area contributed by atoms with E-state index in [1.807, 2.05) is 7.05 Å². The van der Waals surface area contributed by atoms with Crippen LogP contribution in [0.3, 0.4) is 0 Å². The van der Waals surface area contributed by atoms with E-state index in [0.29, 0.717) is 48.7 Å². The zero-order chi connectivity index (χ0) is 20.3. The SMILES string of the molecule is COc1cccc(NC(=O)c2cc(S(=O)(=O)N3CCN(C)CC3)ccc2C)c1. The summed E-state index contributed by atoms with van der Waals surface area (Å²) < 4.78 is 32.6. The molecule has 1 aliphatic rings. The first kappa shape index (κ1) is 20.3. The van der Waals surface area contributed by atoms with Gasteiger partial charge in [0, 0.05) is 43.5 Å². The number of benzene rings is 2. The van der Waals surface area contributed by atoms with Crippen LogP contribution in [0.25, 0.3) is 0 Å². The van der Waals surface area contributed by atoms with Crippen molar-refractivity contribution in [3.63, 3.8) is 0 Å². The van der Waals surface area contributed by atoms with Crippen molar-refractivity contribution in [1.29, 1.82) is 0 Å². The minimum Gasteiger partial charge on any atom is -0.497 e. The summed E-state index contributed by atoms with van der Waals surface area (Å²) >= 11 is 0. The molecule has 0 radical (unpaired) electrons. The van der Waals surface area contributed by atoms with Gasteiger partial charge in [-0.05, 0) is 43.8 Å². The highest BCUT2D eigenvalue weighted by Gasteiger charge is 2.28. The molecule has 1 fully saturated rings. The number of hydrogen-bond donors (Lipinski definition) is 1. The number of hydrogen-bond acceptors (Lipinski definition) is 5. The van der Waals surface area contributed by atoms with Gasteiger partial charge >= 0.3 is 0 Å². The maximum absolute atomic E-state index is 13.0. The van der Waals surface area contributed by atoms with Crippen LogP contribution in [0.15, 0.2) is 47.4 Å². The van der Waals surface area contributed by atoms with Crippen molar-refractivity contribution in [3.8, 4) is 5.75 Å². The molecule has 1 amide bonds. The third kappa shape index (κ3) is 4.35. The summed E-state index contributed by atoms with van der Waals surface area (Å²) in [5.74, 6) is 0.266. The first-order chi connectivity index (χ1) is 13.3. The molecule has 0 aliphatic carbocycles. The number of anilines is 1. The highest BCUT2D eigenvalue weighted by Crippen LogP contribution is 2.23. The minimum atomic E-state index is -3.64. The first-order valence-electron chi connectivity index (χ1n) is 9.06. The van der Waals surface area contributed by atoms with Crippen molar-refractivity contribution in [1.82, 2.24) is 9.21 Å². The number of ether oxygens (including phenoxy) is 1. The van der Waals surface area contributed by atoms with Crippen LogP contribution in [-0.4, -0.2) is 63.9 Å². The van der Waals surface area contributed by atoms with Crippen LogP contribution in [0.1, 0.15) is 15.9 Å². The van der Waals surface area contributed by atoms with Gasteiger partial charge in [-0.15, -0.1) is 0 Å². The second kappa shape index (κ2) is 8.30. The zero-order valence-corrected chi connectivity index (χ0v) is 17.1. The number of amides is 1. The molecular weight excluding hydrogens is 378 g/mol. The maximum Gasteiger partial charge on any atom is 0.255 e. The van der Waals surface area contributed by atoms with Gasteiger partial charge in [0.1, 0.15) is 5.75 Å². The summed E-state index contributed by atoms with van der Waals surface area (Å²) in [6.45, 7) is 4.05. The summed E-state index contributed by atoms with van der Waals surface area (Å²) in [5.41, 5.74) is 1.62. The standard InChI is InChI=1S/C20H25N3O4S/c1-15-7-8-18(28(25,26)23-11-9-22(2)10-12-23)14-19(15)20(24)21-16-5-4-6-17(13-16)27-3/h4-8,13-14H,9-12H2,1-3H3,(H,21,24). The van der Waals surface area contributed by atoms with Crippen molar-refractivity contribution in [2.45, 2.75) is 11.8 Å². The smallest absolute Gasteiger partial charge is 0.255 e. The normalized spacial score (nSPS) is 16.0. The Morgan fingerprint density at radius 3 is 2.46 bits per heavy atom. The van der Waals surface area contributed by atoms with Crippen molar-refractivity contribution in [3.05, 3.63) is 53.6 Å². The third-order valence-corrected chi connectivity index (χ3v) is 6.78. The van der Waals surface area contributed by atoms with E-state index in [4.69, 9.17) is 4.74 Å². The molecule has 0 atom stereocenters. The van der Waals surface area contributed by atoms with Gasteiger partial charge in [0.05, 0.1) is 12.0 Å². The maximum atomic E-state index is 13.0. The van der Waals surface area contributed by atoms with Crippen LogP contribution in [0.2, 0.25) is 0 Å². The largest absolute Gasteiger partial charge is 0.497 e. The zero-order valence-electron chi connectivity index (χ0n) is 16.3. The van der Waals surface area contributed by atoms with Gasteiger partial charge in [0.15, 0.2) is 0 Å². The molecule has 28 heavy (non-hydrogen) atoms. The molecule has 2 aromatic carbocycles. The molecule has 3 rings (SSSR count). The Labute approximate surface area is 166 Å². The molecule has 150 valence electrons. The average Bonchev–Trinajstić information content (AvgIpc) is 2.68. The topological polar surface area (TPSA) is 78.9 Å². The lowest BCUT2D eigenvalue weighted by Gasteiger charge is -2.31. The fraction of sp³-hybridized carbons (Fsp3) is 0.350. The monoisotopic (exact) mass is 403 g/mol. The Morgan fingerprint density at radius 1 is 1.07 bits per heavy atom. The van der Waals surface area contributed by atoms with E-state index in [1.54, 1.807) is 50.4 Å².